The molecule has 2 bridgehead atoms. The van der Waals surface area contributed by atoms with E-state index in [4.69, 9.17) is 33.3 Å². The molecule has 0 spiro atoms. The maximum atomic E-state index is 14.0. The number of aryl methyl sites for hydroxylation is 2. The number of rotatable bonds is 5. The number of carbonyl (C=O) groups excluding carboxylic acids is 1. The fraction of sp³-hybridized carbons (Fsp3) is 0.286. The fourth-order valence-corrected chi connectivity index (χ4v) is 5.72. The number of nitrogens with one attached hydrogen (secondary N) is 2. The molecule has 1 saturated heterocycles. The van der Waals surface area contributed by atoms with E-state index in [0.717, 1.165) is 28.1 Å². The van der Waals surface area contributed by atoms with Crippen LogP contribution in [-0.2, 0) is 4.79 Å². The van der Waals surface area contributed by atoms with E-state index in [2.05, 4.69) is 10.6 Å². The fourth-order valence-electron chi connectivity index (χ4n) is 5.18. The summed E-state index contributed by atoms with van der Waals surface area (Å²) in [6.45, 7) is 8.34. The molecule has 1 amide bonds. The van der Waals surface area contributed by atoms with Gasteiger partial charge in [0.25, 0.3) is 0 Å². The molecular formula is C28H28ClN3O3S. The molecule has 5 rings (SSSR count). The molecule has 3 aromatic carbocycles. The Morgan fingerprint density at radius 2 is 1.94 bits per heavy atom. The van der Waals surface area contributed by atoms with Crippen LogP contribution in [0, 0.1) is 19.8 Å². The van der Waals surface area contributed by atoms with Crippen molar-refractivity contribution in [2.45, 2.75) is 39.5 Å². The van der Waals surface area contributed by atoms with Crippen LogP contribution in [0.5, 0.6) is 11.5 Å². The van der Waals surface area contributed by atoms with Crippen molar-refractivity contribution in [2.75, 3.05) is 16.8 Å². The molecule has 3 aromatic rings. The van der Waals surface area contributed by atoms with Gasteiger partial charge in [-0.05, 0) is 81.9 Å². The molecule has 2 aliphatic heterocycles. The van der Waals surface area contributed by atoms with Gasteiger partial charge in [0.2, 0.25) is 5.91 Å². The van der Waals surface area contributed by atoms with E-state index in [0.29, 0.717) is 28.2 Å². The lowest BCUT2D eigenvalue weighted by molar-refractivity contribution is -0.130. The van der Waals surface area contributed by atoms with E-state index in [9.17, 15) is 4.79 Å². The highest BCUT2D eigenvalue weighted by atomic mass is 35.5. The van der Waals surface area contributed by atoms with Gasteiger partial charge in [0, 0.05) is 22.0 Å². The Morgan fingerprint density at radius 3 is 2.64 bits per heavy atom. The first-order valence-electron chi connectivity index (χ1n) is 11.9. The minimum absolute atomic E-state index is 0.170. The molecule has 36 heavy (non-hydrogen) atoms. The summed E-state index contributed by atoms with van der Waals surface area (Å²) in [5.74, 6) is 0.419. The highest BCUT2D eigenvalue weighted by Crippen LogP contribution is 2.52. The van der Waals surface area contributed by atoms with Gasteiger partial charge in [0.15, 0.2) is 22.3 Å². The second-order valence-electron chi connectivity index (χ2n) is 9.29. The van der Waals surface area contributed by atoms with E-state index >= 15 is 0 Å². The Balaban J connectivity index is 1.64. The second-order valence-corrected chi connectivity index (χ2v) is 10.1. The normalized spacial score (nSPS) is 22.2. The van der Waals surface area contributed by atoms with Crippen LogP contribution >= 0.6 is 23.8 Å². The summed E-state index contributed by atoms with van der Waals surface area (Å²) in [6, 6.07) is 18.6. The van der Waals surface area contributed by atoms with E-state index in [1.165, 1.54) is 0 Å². The van der Waals surface area contributed by atoms with Gasteiger partial charge in [-0.1, -0.05) is 41.4 Å². The van der Waals surface area contributed by atoms with Gasteiger partial charge in [0.1, 0.15) is 5.92 Å². The van der Waals surface area contributed by atoms with Crippen LogP contribution in [0.1, 0.15) is 36.6 Å². The Morgan fingerprint density at radius 1 is 1.19 bits per heavy atom. The molecule has 3 atom stereocenters. The lowest BCUT2D eigenvalue weighted by Crippen LogP contribution is -2.72. The number of thiocarbonyl (C=S) groups is 1. The van der Waals surface area contributed by atoms with Crippen molar-refractivity contribution in [2.24, 2.45) is 5.92 Å². The average Bonchev–Trinajstić information content (AvgIpc) is 2.82. The van der Waals surface area contributed by atoms with E-state index in [1.807, 2.05) is 81.1 Å². The second kappa shape index (κ2) is 9.30. The average molecular weight is 522 g/mol. The highest BCUT2D eigenvalue weighted by Gasteiger charge is 2.59. The number of hydrogen-bond acceptors (Lipinski definition) is 4. The number of para-hydroxylation sites is 1. The Hall–Kier alpha value is -3.29. The smallest absolute Gasteiger partial charge is 0.236 e. The van der Waals surface area contributed by atoms with Crippen LogP contribution in [0.4, 0.5) is 11.4 Å². The number of benzene rings is 3. The van der Waals surface area contributed by atoms with Crippen LogP contribution in [0.25, 0.3) is 0 Å². The van der Waals surface area contributed by atoms with Gasteiger partial charge in [-0.15, -0.1) is 0 Å². The van der Waals surface area contributed by atoms with Crippen LogP contribution in [-0.4, -0.2) is 23.4 Å². The quantitative estimate of drug-likeness (QED) is 0.392. The molecule has 2 heterocycles. The minimum Gasteiger partial charge on any atom is -0.490 e. The highest BCUT2D eigenvalue weighted by molar-refractivity contribution is 7.80. The summed E-state index contributed by atoms with van der Waals surface area (Å²) in [7, 11) is 0. The third-order valence-electron chi connectivity index (χ3n) is 6.80. The van der Waals surface area contributed by atoms with Gasteiger partial charge < -0.3 is 20.1 Å². The van der Waals surface area contributed by atoms with E-state index < -0.39 is 17.7 Å². The van der Waals surface area contributed by atoms with Crippen molar-refractivity contribution in [3.05, 3.63) is 82.4 Å². The van der Waals surface area contributed by atoms with E-state index in [1.54, 1.807) is 12.1 Å². The molecular weight excluding hydrogens is 494 g/mol. The Bertz CT molecular complexity index is 1350. The standard InChI is InChI=1S/C28H28ClN3O3S/c1-5-34-22-8-6-7-20-24-23(26(33)30-21-14-9-16(2)15-17(21)3)28(4,35-25(20)22)32(27(36)31-24)19-12-10-18(29)11-13-19/h6-15,23-24H,5H2,1-4H3,(H,30,33)(H,31,36)/t23-,24+,28+/m0/s1. The molecule has 0 unspecified atom stereocenters. The summed E-state index contributed by atoms with van der Waals surface area (Å²) >= 11 is 12.0. The van der Waals surface area contributed by atoms with Crippen molar-refractivity contribution >= 4 is 46.2 Å². The van der Waals surface area contributed by atoms with Crippen LogP contribution in [0.15, 0.2) is 60.7 Å². The first kappa shape index (κ1) is 24.4. The predicted octanol–water partition coefficient (Wildman–Crippen LogP) is 6.15. The molecule has 0 aliphatic carbocycles. The zero-order valence-corrected chi connectivity index (χ0v) is 22.2. The SMILES string of the molecule is CCOc1cccc2c1O[C@]1(C)[C@H](C(=O)Nc3ccc(C)cc3C)[C@@H]2NC(=S)N1c1ccc(Cl)cc1. The van der Waals surface area contributed by atoms with E-state index in [-0.39, 0.29) is 5.91 Å². The monoisotopic (exact) mass is 521 g/mol. The largest absolute Gasteiger partial charge is 0.490 e. The van der Waals surface area contributed by atoms with Gasteiger partial charge in [0.05, 0.1) is 12.6 Å². The molecule has 2 N–H and O–H groups in total. The zero-order valence-electron chi connectivity index (χ0n) is 20.6. The Kier molecular flexibility index (Phi) is 6.30. The molecule has 0 radical (unpaired) electrons. The lowest BCUT2D eigenvalue weighted by Gasteiger charge is -2.56. The van der Waals surface area contributed by atoms with Crippen LogP contribution in [0.2, 0.25) is 5.02 Å². The van der Waals surface area contributed by atoms with Crippen molar-refractivity contribution < 1.29 is 14.3 Å². The van der Waals surface area contributed by atoms with Crippen molar-refractivity contribution in [3.63, 3.8) is 0 Å². The summed E-state index contributed by atoms with van der Waals surface area (Å²) in [4.78, 5) is 15.9. The third kappa shape index (κ3) is 4.06. The zero-order chi connectivity index (χ0) is 25.6. The molecule has 2 aliphatic rings. The Labute approximate surface area is 221 Å². The number of nitrogens with zero attached hydrogens (tertiary/aromatic N) is 1. The summed E-state index contributed by atoms with van der Waals surface area (Å²) in [6.07, 6.45) is 0. The first-order chi connectivity index (χ1) is 17.2. The molecule has 0 aromatic heterocycles. The van der Waals surface area contributed by atoms with Crippen molar-refractivity contribution in [1.29, 1.82) is 0 Å². The topological polar surface area (TPSA) is 62.8 Å². The molecule has 8 heteroatoms. The number of carbonyl (C=O) groups is 1. The number of fused-ring (bicyclic) bond motifs is 4. The minimum atomic E-state index is -1.15. The summed E-state index contributed by atoms with van der Waals surface area (Å²) in [5.41, 5.74) is 3.34. The maximum Gasteiger partial charge on any atom is 0.236 e. The van der Waals surface area contributed by atoms with Crippen LogP contribution in [0.3, 0.4) is 0 Å². The molecule has 0 saturated carbocycles. The third-order valence-corrected chi connectivity index (χ3v) is 7.35. The molecule has 1 fully saturated rings. The number of hydrogen-bond donors (Lipinski definition) is 2. The van der Waals surface area contributed by atoms with Crippen molar-refractivity contribution in [1.82, 2.24) is 5.32 Å². The summed E-state index contributed by atoms with van der Waals surface area (Å²) < 4.78 is 12.6. The summed E-state index contributed by atoms with van der Waals surface area (Å²) in [5, 5.41) is 7.65. The lowest BCUT2D eigenvalue weighted by atomic mass is 9.78. The van der Waals surface area contributed by atoms with Crippen LogP contribution < -0.4 is 25.0 Å². The van der Waals surface area contributed by atoms with Gasteiger partial charge in [-0.25, -0.2) is 0 Å². The number of amides is 1. The number of ether oxygens (including phenoxy) is 2. The van der Waals surface area contributed by atoms with Gasteiger partial charge in [-0.3, -0.25) is 9.69 Å². The predicted molar refractivity (Wildman–Crippen MR) is 147 cm³/mol. The first-order valence-corrected chi connectivity index (χ1v) is 12.7. The number of anilines is 2. The van der Waals surface area contributed by atoms with Gasteiger partial charge >= 0.3 is 0 Å². The van der Waals surface area contributed by atoms with Gasteiger partial charge in [-0.2, -0.15) is 0 Å². The molecule has 186 valence electrons. The maximum absolute atomic E-state index is 14.0. The number of halogens is 1. The van der Waals surface area contributed by atoms with Crippen molar-refractivity contribution in [3.8, 4) is 11.5 Å². The molecule has 6 nitrogen and oxygen atoms in total.